The van der Waals surface area contributed by atoms with Crippen molar-refractivity contribution in [3.8, 4) is 28.7 Å². The highest BCUT2D eigenvalue weighted by molar-refractivity contribution is 8.14. The number of halogens is 2. The maximum Gasteiger partial charge on any atom is 0.280 e. The van der Waals surface area contributed by atoms with E-state index in [9.17, 15) is 18.4 Å². The summed E-state index contributed by atoms with van der Waals surface area (Å²) >= 11 is 0.847. The second-order valence-electron chi connectivity index (χ2n) is 8.13. The Kier molecular flexibility index (Phi) is 9.64. The summed E-state index contributed by atoms with van der Waals surface area (Å²) in [6.07, 6.45) is 3.56. The molecule has 13 heteroatoms. The van der Waals surface area contributed by atoms with Crippen molar-refractivity contribution in [2.24, 2.45) is 11.7 Å². The summed E-state index contributed by atoms with van der Waals surface area (Å²) in [6, 6.07) is 2.41. The van der Waals surface area contributed by atoms with Crippen LogP contribution in [0, 0.1) is 28.6 Å². The number of hydrogen-bond donors (Lipinski definition) is 5. The molecule has 2 aromatic heterocycles. The molecule has 0 aromatic carbocycles. The van der Waals surface area contributed by atoms with Crippen molar-refractivity contribution in [3.63, 3.8) is 0 Å². The standard InChI is InChI=1S/C25H25F2N7O3S/c1-13(10-28)7-22(35)33-21-9-15(16-8-18(23(26)27)31-12-19(16)37-2)17(11-32-21)24(36)34-25(30)38-20(29)6-5-14-3-4-14/h7-12,14,23,25,28-29H,3-4,30H2,1-2H3,(H,34,36)(H,32,33,35)/b13-7-,28-10?,29-20?. The molecule has 1 saturated carbocycles. The third kappa shape index (κ3) is 7.92. The summed E-state index contributed by atoms with van der Waals surface area (Å²) in [5.41, 5.74) is 4.97. The number of nitrogens with zero attached hydrogens (tertiary/aromatic N) is 2. The normalized spacial score (nSPS) is 13.7. The lowest BCUT2D eigenvalue weighted by atomic mass is 10.00. The number of rotatable bonds is 9. The lowest BCUT2D eigenvalue weighted by Crippen LogP contribution is -2.39. The number of ether oxygens (including phenoxy) is 1. The van der Waals surface area contributed by atoms with Gasteiger partial charge in [-0.1, -0.05) is 17.7 Å². The summed E-state index contributed by atoms with van der Waals surface area (Å²) < 4.78 is 32.2. The number of amides is 2. The van der Waals surface area contributed by atoms with Gasteiger partial charge in [-0.05, 0) is 43.4 Å². The fourth-order valence-corrected chi connectivity index (χ4v) is 3.62. The van der Waals surface area contributed by atoms with E-state index in [1.807, 2.05) is 0 Å². The highest BCUT2D eigenvalue weighted by atomic mass is 32.2. The van der Waals surface area contributed by atoms with Crippen molar-refractivity contribution in [3.05, 3.63) is 47.4 Å². The molecular weight excluding hydrogens is 516 g/mol. The van der Waals surface area contributed by atoms with E-state index in [1.165, 1.54) is 19.3 Å². The molecule has 0 spiro atoms. The number of anilines is 1. The zero-order valence-corrected chi connectivity index (χ0v) is 21.3. The van der Waals surface area contributed by atoms with Gasteiger partial charge in [0.15, 0.2) is 0 Å². The average molecular weight is 542 g/mol. The van der Waals surface area contributed by atoms with Gasteiger partial charge in [0.25, 0.3) is 12.3 Å². The summed E-state index contributed by atoms with van der Waals surface area (Å²) in [5, 5.41) is 20.2. The Labute approximate surface area is 221 Å². The van der Waals surface area contributed by atoms with Crippen molar-refractivity contribution >= 4 is 40.7 Å². The number of thioether (sulfide) groups is 1. The predicted octanol–water partition coefficient (Wildman–Crippen LogP) is 3.72. The maximum atomic E-state index is 13.4. The molecule has 1 aliphatic rings. The number of aromatic nitrogens is 2. The number of pyridine rings is 2. The first-order valence-corrected chi connectivity index (χ1v) is 12.1. The molecule has 0 bridgehead atoms. The van der Waals surface area contributed by atoms with Gasteiger partial charge in [-0.25, -0.2) is 13.8 Å². The Balaban J connectivity index is 1.96. The third-order valence-corrected chi connectivity index (χ3v) is 5.80. The fraction of sp³-hybridized carbons (Fsp3) is 0.280. The first-order chi connectivity index (χ1) is 18.1. The molecule has 1 unspecified atom stereocenters. The van der Waals surface area contributed by atoms with Crippen LogP contribution in [0.1, 0.15) is 42.2 Å². The largest absolute Gasteiger partial charge is 0.494 e. The zero-order chi connectivity index (χ0) is 27.8. The molecule has 2 amide bonds. The number of alkyl halides is 2. The second kappa shape index (κ2) is 12.9. The molecule has 1 atom stereocenters. The molecule has 38 heavy (non-hydrogen) atoms. The van der Waals surface area contributed by atoms with Crippen molar-refractivity contribution in [1.82, 2.24) is 15.3 Å². The van der Waals surface area contributed by atoms with Gasteiger partial charge >= 0.3 is 0 Å². The lowest BCUT2D eigenvalue weighted by Gasteiger charge is -2.17. The van der Waals surface area contributed by atoms with Crippen molar-refractivity contribution in [1.29, 1.82) is 10.8 Å². The highest BCUT2D eigenvalue weighted by Crippen LogP contribution is 2.35. The van der Waals surface area contributed by atoms with E-state index in [0.717, 1.165) is 49.3 Å². The quantitative estimate of drug-likeness (QED) is 0.106. The Morgan fingerprint density at radius 1 is 1.26 bits per heavy atom. The minimum absolute atomic E-state index is 0.00763. The van der Waals surface area contributed by atoms with Crippen LogP contribution < -0.4 is 21.1 Å². The number of methoxy groups -OCH3 is 1. The van der Waals surface area contributed by atoms with Gasteiger partial charge in [-0.3, -0.25) is 20.0 Å². The Hall–Kier alpha value is -4.15. The van der Waals surface area contributed by atoms with E-state index in [2.05, 4.69) is 32.4 Å². The number of carbonyl (C=O) groups excluding carboxylic acids is 2. The number of allylic oxidation sites excluding steroid dienone is 1. The molecule has 198 valence electrons. The first-order valence-electron chi connectivity index (χ1n) is 11.3. The van der Waals surface area contributed by atoms with Crippen LogP contribution >= 0.6 is 11.8 Å². The van der Waals surface area contributed by atoms with Crippen LogP contribution in [0.25, 0.3) is 11.1 Å². The molecule has 1 fully saturated rings. The molecular formula is C25H25F2N7O3S. The molecule has 6 N–H and O–H groups in total. The van der Waals surface area contributed by atoms with Crippen molar-refractivity contribution in [2.75, 3.05) is 12.4 Å². The molecule has 1 aliphatic carbocycles. The topological polar surface area (TPSA) is 167 Å². The van der Waals surface area contributed by atoms with Crippen LogP contribution in [-0.2, 0) is 4.79 Å². The van der Waals surface area contributed by atoms with Gasteiger partial charge in [-0.15, -0.1) is 0 Å². The molecule has 0 saturated heterocycles. The smallest absolute Gasteiger partial charge is 0.280 e. The predicted molar refractivity (Wildman–Crippen MR) is 141 cm³/mol. The molecule has 3 rings (SSSR count). The fourth-order valence-electron chi connectivity index (χ4n) is 3.08. The van der Waals surface area contributed by atoms with E-state index in [-0.39, 0.29) is 33.3 Å². The molecule has 10 nitrogen and oxygen atoms in total. The number of nitrogens with two attached hydrogens (primary N) is 1. The van der Waals surface area contributed by atoms with E-state index >= 15 is 0 Å². The minimum atomic E-state index is -2.89. The van der Waals surface area contributed by atoms with Crippen molar-refractivity contribution < 1.29 is 23.1 Å². The maximum absolute atomic E-state index is 13.4. The average Bonchev–Trinajstić information content (AvgIpc) is 3.71. The molecule has 2 heterocycles. The van der Waals surface area contributed by atoms with Crippen LogP contribution in [0.4, 0.5) is 14.6 Å². The van der Waals surface area contributed by atoms with E-state index in [0.29, 0.717) is 11.5 Å². The Bertz CT molecular complexity index is 1350. The third-order valence-electron chi connectivity index (χ3n) is 5.09. The van der Waals surface area contributed by atoms with Crippen LogP contribution in [0.5, 0.6) is 5.75 Å². The zero-order valence-electron chi connectivity index (χ0n) is 20.5. The summed E-state index contributed by atoms with van der Waals surface area (Å²) in [6.45, 7) is 1.56. The summed E-state index contributed by atoms with van der Waals surface area (Å²) in [4.78, 5) is 33.2. The Morgan fingerprint density at radius 3 is 2.63 bits per heavy atom. The number of nitrogens with one attached hydrogen (secondary N) is 4. The van der Waals surface area contributed by atoms with E-state index < -0.39 is 29.4 Å². The lowest BCUT2D eigenvalue weighted by molar-refractivity contribution is -0.112. The summed E-state index contributed by atoms with van der Waals surface area (Å²) in [5.74, 6) is 4.77. The summed E-state index contributed by atoms with van der Waals surface area (Å²) in [7, 11) is 1.32. The number of hydrogen-bond acceptors (Lipinski definition) is 9. The van der Waals surface area contributed by atoms with Gasteiger partial charge in [0.2, 0.25) is 5.91 Å². The first kappa shape index (κ1) is 28.4. The molecule has 0 radical (unpaired) electrons. The van der Waals surface area contributed by atoms with Crippen LogP contribution in [0.2, 0.25) is 0 Å². The Morgan fingerprint density at radius 2 is 2.00 bits per heavy atom. The van der Waals surface area contributed by atoms with Crippen LogP contribution in [0.15, 0.2) is 36.2 Å². The van der Waals surface area contributed by atoms with Gasteiger partial charge < -0.3 is 26.5 Å². The van der Waals surface area contributed by atoms with Gasteiger partial charge in [0, 0.05) is 35.5 Å². The van der Waals surface area contributed by atoms with Gasteiger partial charge in [0.05, 0.1) is 18.9 Å². The monoisotopic (exact) mass is 541 g/mol. The van der Waals surface area contributed by atoms with E-state index in [4.69, 9.17) is 21.3 Å². The minimum Gasteiger partial charge on any atom is -0.494 e. The van der Waals surface area contributed by atoms with E-state index in [1.54, 1.807) is 6.92 Å². The molecule has 2 aromatic rings. The van der Waals surface area contributed by atoms with Crippen LogP contribution in [0.3, 0.4) is 0 Å². The van der Waals surface area contributed by atoms with Gasteiger partial charge in [-0.2, -0.15) is 0 Å². The van der Waals surface area contributed by atoms with Gasteiger partial charge in [0.1, 0.15) is 27.8 Å². The highest BCUT2D eigenvalue weighted by Gasteiger charge is 2.23. The molecule has 0 aliphatic heterocycles. The SMILES string of the molecule is COc1cnc(C(F)F)cc1-c1cc(NC(=O)/C=C(/C)C=N)ncc1C(=O)NC(N)SC(=N)C#CC1CC1. The van der Waals surface area contributed by atoms with Crippen LogP contribution in [-0.4, -0.2) is 45.6 Å². The second-order valence-corrected chi connectivity index (χ2v) is 9.28. The number of carbonyl (C=O) groups is 2. The van der Waals surface area contributed by atoms with Crippen molar-refractivity contribution in [2.45, 2.75) is 31.7 Å².